The van der Waals surface area contributed by atoms with Gasteiger partial charge in [-0.15, -0.1) is 10.2 Å². The van der Waals surface area contributed by atoms with Crippen LogP contribution in [0.2, 0.25) is 5.02 Å². The molecule has 0 amide bonds. The highest BCUT2D eigenvalue weighted by Crippen LogP contribution is 2.23. The van der Waals surface area contributed by atoms with Crippen molar-refractivity contribution in [3.8, 4) is 0 Å². The Labute approximate surface area is 131 Å². The van der Waals surface area contributed by atoms with Gasteiger partial charge in [0.25, 0.3) is 0 Å². The molecule has 0 bridgehead atoms. The summed E-state index contributed by atoms with van der Waals surface area (Å²) in [5, 5.41) is 22.1. The number of thioether (sulfide) groups is 1. The highest BCUT2D eigenvalue weighted by molar-refractivity contribution is 8.00. The first-order valence-electron chi connectivity index (χ1n) is 6.43. The van der Waals surface area contributed by atoms with E-state index in [0.717, 1.165) is 11.5 Å². The van der Waals surface area contributed by atoms with Gasteiger partial charge in [-0.1, -0.05) is 23.4 Å². The number of halogens is 1. The molecule has 9 heteroatoms. The molecule has 0 aliphatic rings. The molecule has 0 spiro atoms. The zero-order chi connectivity index (χ0) is 15.6. The first-order valence-corrected chi connectivity index (χ1v) is 7.69. The molecular formula is C12H16ClN5O2S. The van der Waals surface area contributed by atoms with Gasteiger partial charge < -0.3 is 9.67 Å². The highest BCUT2D eigenvalue weighted by atomic mass is 35.5. The van der Waals surface area contributed by atoms with Crippen molar-refractivity contribution in [2.75, 3.05) is 0 Å². The molecule has 2 heterocycles. The van der Waals surface area contributed by atoms with Crippen molar-refractivity contribution in [2.24, 2.45) is 0 Å². The molecule has 0 aliphatic heterocycles. The fraction of sp³-hybridized carbons (Fsp3) is 0.500. The van der Waals surface area contributed by atoms with E-state index in [-0.39, 0.29) is 0 Å². The van der Waals surface area contributed by atoms with Crippen LogP contribution in [0, 0.1) is 6.92 Å². The second-order valence-corrected chi connectivity index (χ2v) is 6.22. The van der Waals surface area contributed by atoms with E-state index in [1.54, 1.807) is 17.8 Å². The predicted octanol–water partition coefficient (Wildman–Crippen LogP) is 2.07. The number of aromatic nitrogens is 5. The molecule has 0 saturated carbocycles. The molecule has 1 atom stereocenters. The maximum atomic E-state index is 10.9. The summed E-state index contributed by atoms with van der Waals surface area (Å²) < 4.78 is 3.58. The molecule has 1 N–H and O–H groups in total. The van der Waals surface area contributed by atoms with Crippen molar-refractivity contribution in [3.05, 3.63) is 22.7 Å². The van der Waals surface area contributed by atoms with Crippen LogP contribution in [0.1, 0.15) is 25.4 Å². The Bertz CT molecular complexity index is 635. The normalized spacial score (nSPS) is 12.6. The Balaban J connectivity index is 2.21. The van der Waals surface area contributed by atoms with Crippen LogP contribution < -0.4 is 0 Å². The Morgan fingerprint density at radius 1 is 1.52 bits per heavy atom. The monoisotopic (exact) mass is 329 g/mol. The summed E-state index contributed by atoms with van der Waals surface area (Å²) in [4.78, 5) is 10.9. The van der Waals surface area contributed by atoms with Crippen molar-refractivity contribution in [2.45, 2.75) is 44.3 Å². The molecule has 2 aromatic rings. The first-order chi connectivity index (χ1) is 9.92. The van der Waals surface area contributed by atoms with Gasteiger partial charge in [-0.3, -0.25) is 9.48 Å². The topological polar surface area (TPSA) is 85.8 Å². The van der Waals surface area contributed by atoms with Crippen LogP contribution in [0.15, 0.2) is 11.4 Å². The molecule has 0 saturated heterocycles. The number of hydrogen-bond donors (Lipinski definition) is 1. The molecule has 2 aromatic heterocycles. The molecule has 0 aliphatic carbocycles. The van der Waals surface area contributed by atoms with Crippen LogP contribution in [-0.2, 0) is 17.9 Å². The lowest BCUT2D eigenvalue weighted by atomic mass is 10.5. The molecule has 7 nitrogen and oxygen atoms in total. The smallest absolute Gasteiger partial charge is 0.316 e. The van der Waals surface area contributed by atoms with Gasteiger partial charge in [0, 0.05) is 12.7 Å². The highest BCUT2D eigenvalue weighted by Gasteiger charge is 2.19. The van der Waals surface area contributed by atoms with Crippen molar-refractivity contribution in [3.63, 3.8) is 0 Å². The van der Waals surface area contributed by atoms with Crippen LogP contribution in [0.4, 0.5) is 0 Å². The van der Waals surface area contributed by atoms with E-state index in [4.69, 9.17) is 16.7 Å². The summed E-state index contributed by atoms with van der Waals surface area (Å²) >= 11 is 7.16. The van der Waals surface area contributed by atoms with Crippen molar-refractivity contribution >= 4 is 29.3 Å². The van der Waals surface area contributed by atoms with E-state index in [9.17, 15) is 4.79 Å². The van der Waals surface area contributed by atoms with Crippen LogP contribution >= 0.6 is 23.4 Å². The number of aryl methyl sites for hydroxylation is 1. The van der Waals surface area contributed by atoms with Crippen LogP contribution in [0.5, 0.6) is 0 Å². The minimum absolute atomic E-state index is 0.441. The van der Waals surface area contributed by atoms with Gasteiger partial charge in [-0.2, -0.15) is 5.10 Å². The predicted molar refractivity (Wildman–Crippen MR) is 79.7 cm³/mol. The standard InChI is InChI=1S/C12H16ClN5O2S/c1-4-18-10(6-17-5-9(13)7(2)16-17)14-15-12(18)21-8(3)11(19)20/h5,8H,4,6H2,1-3H3,(H,19,20)/t8-/m1/s1. The zero-order valence-electron chi connectivity index (χ0n) is 11.9. The molecule has 0 unspecified atom stereocenters. The molecule has 114 valence electrons. The average Bonchev–Trinajstić information content (AvgIpc) is 2.94. The number of carboxylic acid groups (broad SMARTS) is 1. The van der Waals surface area contributed by atoms with Crippen LogP contribution in [-0.4, -0.2) is 40.9 Å². The van der Waals surface area contributed by atoms with Gasteiger partial charge in [-0.05, 0) is 20.8 Å². The lowest BCUT2D eigenvalue weighted by molar-refractivity contribution is -0.136. The number of rotatable bonds is 6. The van der Waals surface area contributed by atoms with Crippen LogP contribution in [0.3, 0.4) is 0 Å². The van der Waals surface area contributed by atoms with Gasteiger partial charge in [-0.25, -0.2) is 0 Å². The molecule has 21 heavy (non-hydrogen) atoms. The van der Waals surface area contributed by atoms with E-state index in [0.29, 0.717) is 23.3 Å². The third kappa shape index (κ3) is 3.56. The summed E-state index contributed by atoms with van der Waals surface area (Å²) in [5.74, 6) is -0.154. The van der Waals surface area contributed by atoms with Crippen molar-refractivity contribution in [1.29, 1.82) is 0 Å². The number of nitrogens with zero attached hydrogens (tertiary/aromatic N) is 5. The van der Waals surface area contributed by atoms with E-state index in [2.05, 4.69) is 15.3 Å². The quantitative estimate of drug-likeness (QED) is 0.816. The second-order valence-electron chi connectivity index (χ2n) is 4.50. The van der Waals surface area contributed by atoms with E-state index < -0.39 is 11.2 Å². The maximum Gasteiger partial charge on any atom is 0.316 e. The SMILES string of the molecule is CCn1c(Cn2cc(Cl)c(C)n2)nnc1S[C@H](C)C(=O)O. The molecular weight excluding hydrogens is 314 g/mol. The first kappa shape index (κ1) is 15.8. The molecule has 0 radical (unpaired) electrons. The van der Waals surface area contributed by atoms with Gasteiger partial charge >= 0.3 is 5.97 Å². The molecule has 2 rings (SSSR count). The summed E-state index contributed by atoms with van der Waals surface area (Å²) in [6.07, 6.45) is 1.73. The second kappa shape index (κ2) is 6.48. The Morgan fingerprint density at radius 3 is 2.76 bits per heavy atom. The zero-order valence-corrected chi connectivity index (χ0v) is 13.5. The summed E-state index contributed by atoms with van der Waals surface area (Å²) in [5.41, 5.74) is 0.758. The largest absolute Gasteiger partial charge is 0.480 e. The van der Waals surface area contributed by atoms with Gasteiger partial charge in [0.15, 0.2) is 11.0 Å². The van der Waals surface area contributed by atoms with Crippen molar-refractivity contribution in [1.82, 2.24) is 24.5 Å². The fourth-order valence-electron chi connectivity index (χ4n) is 1.77. The molecule has 0 fully saturated rings. The van der Waals surface area contributed by atoms with Crippen molar-refractivity contribution < 1.29 is 9.90 Å². The van der Waals surface area contributed by atoms with E-state index >= 15 is 0 Å². The maximum absolute atomic E-state index is 10.9. The number of aliphatic carboxylic acids is 1. The van der Waals surface area contributed by atoms with E-state index in [1.165, 1.54) is 11.8 Å². The number of hydrogen-bond acceptors (Lipinski definition) is 5. The number of carbonyl (C=O) groups is 1. The van der Waals surface area contributed by atoms with Gasteiger partial charge in [0.1, 0.15) is 11.8 Å². The lowest BCUT2D eigenvalue weighted by Gasteiger charge is -2.09. The third-order valence-electron chi connectivity index (χ3n) is 2.93. The van der Waals surface area contributed by atoms with Crippen LogP contribution in [0.25, 0.3) is 0 Å². The summed E-state index contributed by atoms with van der Waals surface area (Å²) in [7, 11) is 0. The lowest BCUT2D eigenvalue weighted by Crippen LogP contribution is -2.14. The minimum Gasteiger partial charge on any atom is -0.480 e. The fourth-order valence-corrected chi connectivity index (χ4v) is 2.79. The Hall–Kier alpha value is -1.54. The average molecular weight is 330 g/mol. The third-order valence-corrected chi connectivity index (χ3v) is 4.37. The summed E-state index contributed by atoms with van der Waals surface area (Å²) in [6, 6.07) is 0. The van der Waals surface area contributed by atoms with Gasteiger partial charge in [0.05, 0.1) is 10.7 Å². The van der Waals surface area contributed by atoms with Gasteiger partial charge in [0.2, 0.25) is 0 Å². The summed E-state index contributed by atoms with van der Waals surface area (Å²) in [6.45, 7) is 6.52. The number of carboxylic acids is 1. The minimum atomic E-state index is -0.873. The van der Waals surface area contributed by atoms with E-state index in [1.807, 2.05) is 18.4 Å². The Morgan fingerprint density at radius 2 is 2.24 bits per heavy atom. The molecule has 0 aromatic carbocycles. The Kier molecular flexibility index (Phi) is 4.89.